The molecular formula is C26H28N2O3. The highest BCUT2D eigenvalue weighted by molar-refractivity contribution is 5.95. The van der Waals surface area contributed by atoms with Gasteiger partial charge in [-0.15, -0.1) is 0 Å². The number of hydrogen-bond acceptors (Lipinski definition) is 4. The maximum Gasteiger partial charge on any atom is 0.307 e. The van der Waals surface area contributed by atoms with Gasteiger partial charge < -0.3 is 20.2 Å². The Balaban J connectivity index is 2.03. The van der Waals surface area contributed by atoms with Gasteiger partial charge in [0, 0.05) is 36.8 Å². The molecule has 0 fully saturated rings. The van der Waals surface area contributed by atoms with Crippen LogP contribution in [0.15, 0.2) is 83.5 Å². The molecule has 0 aliphatic carbocycles. The molecule has 0 radical (unpaired) electrons. The number of anilines is 1. The number of aliphatic carboxylic acids is 1. The quantitative estimate of drug-likeness (QED) is 0.470. The van der Waals surface area contributed by atoms with Crippen LogP contribution >= 0.6 is 0 Å². The molecule has 5 heteroatoms. The molecule has 5 nitrogen and oxygen atoms in total. The van der Waals surface area contributed by atoms with E-state index < -0.39 is 5.97 Å². The van der Waals surface area contributed by atoms with E-state index in [2.05, 4.69) is 23.6 Å². The molecule has 0 spiro atoms. The van der Waals surface area contributed by atoms with Crippen LogP contribution in [0.5, 0.6) is 0 Å². The Labute approximate surface area is 182 Å². The van der Waals surface area contributed by atoms with E-state index in [1.165, 1.54) is 0 Å². The highest BCUT2D eigenvalue weighted by atomic mass is 16.4. The molecule has 3 aromatic rings. The first-order valence-electron chi connectivity index (χ1n) is 10.1. The van der Waals surface area contributed by atoms with Crippen molar-refractivity contribution in [3.05, 3.63) is 95.8 Å². The number of rotatable bonds is 9. The van der Waals surface area contributed by atoms with Crippen LogP contribution in [0.25, 0.3) is 16.5 Å². The molecule has 0 bridgehead atoms. The molecule has 0 saturated heterocycles. The Bertz CT molecular complexity index is 1150. The lowest BCUT2D eigenvalue weighted by Gasteiger charge is -2.22. The molecule has 0 saturated carbocycles. The van der Waals surface area contributed by atoms with Gasteiger partial charge in [-0.2, -0.15) is 0 Å². The second kappa shape index (κ2) is 9.96. The van der Waals surface area contributed by atoms with E-state index in [1.807, 2.05) is 56.5 Å². The summed E-state index contributed by atoms with van der Waals surface area (Å²) in [5.41, 5.74) is 12.4. The molecule has 2 aromatic carbocycles. The first-order chi connectivity index (χ1) is 14.9. The Morgan fingerprint density at radius 2 is 1.97 bits per heavy atom. The maximum absolute atomic E-state index is 11.2. The van der Waals surface area contributed by atoms with Gasteiger partial charge in [0.05, 0.1) is 12.7 Å². The molecular weight excluding hydrogens is 388 g/mol. The Morgan fingerprint density at radius 3 is 2.65 bits per heavy atom. The predicted molar refractivity (Wildman–Crippen MR) is 127 cm³/mol. The Hall–Kier alpha value is -3.57. The highest BCUT2D eigenvalue weighted by Crippen LogP contribution is 2.33. The van der Waals surface area contributed by atoms with Gasteiger partial charge >= 0.3 is 5.97 Å². The number of carboxylic acids is 1. The predicted octanol–water partition coefficient (Wildman–Crippen LogP) is 5.17. The van der Waals surface area contributed by atoms with E-state index in [4.69, 9.17) is 10.2 Å². The second-order valence-corrected chi connectivity index (χ2v) is 7.58. The van der Waals surface area contributed by atoms with Crippen LogP contribution in [-0.4, -0.2) is 24.7 Å². The van der Waals surface area contributed by atoms with Crippen molar-refractivity contribution in [1.82, 2.24) is 0 Å². The second-order valence-electron chi connectivity index (χ2n) is 7.58. The van der Waals surface area contributed by atoms with Crippen molar-refractivity contribution in [2.75, 3.05) is 18.5 Å². The molecule has 0 unspecified atom stereocenters. The van der Waals surface area contributed by atoms with Gasteiger partial charge in [0.25, 0.3) is 0 Å². The molecule has 160 valence electrons. The molecule has 0 aliphatic heterocycles. The molecule has 1 aromatic heterocycles. The van der Waals surface area contributed by atoms with E-state index in [-0.39, 0.29) is 6.42 Å². The van der Waals surface area contributed by atoms with E-state index >= 15 is 0 Å². The van der Waals surface area contributed by atoms with Crippen LogP contribution in [-0.2, 0) is 17.8 Å². The minimum absolute atomic E-state index is 0.00537. The third kappa shape index (κ3) is 5.32. The van der Waals surface area contributed by atoms with Crippen molar-refractivity contribution < 1.29 is 14.3 Å². The molecule has 0 amide bonds. The Kier molecular flexibility index (Phi) is 7.11. The maximum atomic E-state index is 11.2. The summed E-state index contributed by atoms with van der Waals surface area (Å²) in [6.45, 7) is 6.90. The normalized spacial score (nSPS) is 12.2. The van der Waals surface area contributed by atoms with Gasteiger partial charge in [0.2, 0.25) is 0 Å². The lowest BCUT2D eigenvalue weighted by atomic mass is 9.99. The van der Waals surface area contributed by atoms with E-state index in [0.29, 0.717) is 13.1 Å². The van der Waals surface area contributed by atoms with E-state index in [0.717, 1.165) is 44.5 Å². The third-order valence-corrected chi connectivity index (χ3v) is 5.18. The third-order valence-electron chi connectivity index (χ3n) is 5.18. The standard InChI is InChI=1S/C26H28N2O3/c1-4-7-20(12-18(2)16-27)24-15-23(13-21-10-11-31-26(21)24)28(3)17-22-9-6-5-8-19(22)14-25(29)30/h4-13,15H,1,14,16-17,27H2,2-3H3,(H,29,30)/b18-12+,20-7+. The zero-order valence-electron chi connectivity index (χ0n) is 18.0. The fraction of sp³-hybridized carbons (Fsp3) is 0.192. The first-order valence-corrected chi connectivity index (χ1v) is 10.1. The smallest absolute Gasteiger partial charge is 0.307 e. The van der Waals surface area contributed by atoms with Gasteiger partial charge in [0.1, 0.15) is 5.58 Å². The minimum atomic E-state index is -0.835. The van der Waals surface area contributed by atoms with Crippen LogP contribution in [0.4, 0.5) is 5.69 Å². The van der Waals surface area contributed by atoms with Gasteiger partial charge in [0.15, 0.2) is 0 Å². The highest BCUT2D eigenvalue weighted by Gasteiger charge is 2.14. The SMILES string of the molecule is C=C/C=C(\C=C(/C)CN)c1cc(N(C)Cc2ccccc2CC(=O)O)cc2ccoc12. The number of carboxylic acid groups (broad SMARTS) is 1. The summed E-state index contributed by atoms with van der Waals surface area (Å²) >= 11 is 0. The van der Waals surface area contributed by atoms with Crippen molar-refractivity contribution in [2.24, 2.45) is 5.73 Å². The summed E-state index contributed by atoms with van der Waals surface area (Å²) in [6, 6.07) is 13.8. The summed E-state index contributed by atoms with van der Waals surface area (Å²) in [4.78, 5) is 13.3. The fourth-order valence-corrected chi connectivity index (χ4v) is 3.56. The summed E-state index contributed by atoms with van der Waals surface area (Å²) in [7, 11) is 2.00. The number of nitrogens with zero attached hydrogens (tertiary/aromatic N) is 1. The number of nitrogens with two attached hydrogens (primary N) is 1. The van der Waals surface area contributed by atoms with Crippen molar-refractivity contribution in [1.29, 1.82) is 0 Å². The Morgan fingerprint density at radius 1 is 1.23 bits per heavy atom. The molecule has 3 rings (SSSR count). The molecule has 0 aliphatic rings. The summed E-state index contributed by atoms with van der Waals surface area (Å²) < 4.78 is 5.79. The van der Waals surface area contributed by atoms with Crippen molar-refractivity contribution >= 4 is 28.2 Å². The number of carbonyl (C=O) groups is 1. The number of furan rings is 1. The lowest BCUT2D eigenvalue weighted by molar-refractivity contribution is -0.136. The van der Waals surface area contributed by atoms with Gasteiger partial charge in [-0.05, 0) is 41.8 Å². The van der Waals surface area contributed by atoms with E-state index in [1.54, 1.807) is 12.3 Å². The van der Waals surface area contributed by atoms with Crippen LogP contribution < -0.4 is 10.6 Å². The summed E-state index contributed by atoms with van der Waals surface area (Å²) in [5, 5.41) is 10.2. The monoisotopic (exact) mass is 416 g/mol. The van der Waals surface area contributed by atoms with Crippen molar-refractivity contribution in [3.8, 4) is 0 Å². The largest absolute Gasteiger partial charge is 0.481 e. The minimum Gasteiger partial charge on any atom is -0.481 e. The average molecular weight is 417 g/mol. The molecule has 1 heterocycles. The number of hydrogen-bond donors (Lipinski definition) is 2. The number of fused-ring (bicyclic) bond motifs is 1. The molecule has 3 N–H and O–H groups in total. The summed E-state index contributed by atoms with van der Waals surface area (Å²) in [5.74, 6) is -0.835. The zero-order chi connectivity index (χ0) is 22.4. The van der Waals surface area contributed by atoms with E-state index in [9.17, 15) is 9.90 Å². The number of benzene rings is 2. The number of allylic oxidation sites excluding steroid dienone is 4. The summed E-state index contributed by atoms with van der Waals surface area (Å²) in [6.07, 6.45) is 7.44. The van der Waals surface area contributed by atoms with Crippen LogP contribution in [0.1, 0.15) is 23.6 Å². The molecule has 31 heavy (non-hydrogen) atoms. The van der Waals surface area contributed by atoms with Crippen molar-refractivity contribution in [2.45, 2.75) is 19.9 Å². The first kappa shape index (κ1) is 22.1. The lowest BCUT2D eigenvalue weighted by Crippen LogP contribution is -2.18. The molecule has 0 atom stereocenters. The van der Waals surface area contributed by atoms with Gasteiger partial charge in [-0.3, -0.25) is 4.79 Å². The topological polar surface area (TPSA) is 79.7 Å². The average Bonchev–Trinajstić information content (AvgIpc) is 3.22. The van der Waals surface area contributed by atoms with Gasteiger partial charge in [-0.1, -0.05) is 54.6 Å². The van der Waals surface area contributed by atoms with Crippen LogP contribution in [0.2, 0.25) is 0 Å². The zero-order valence-corrected chi connectivity index (χ0v) is 18.0. The fourth-order valence-electron chi connectivity index (χ4n) is 3.56. The van der Waals surface area contributed by atoms with Crippen LogP contribution in [0, 0.1) is 0 Å². The van der Waals surface area contributed by atoms with Crippen LogP contribution in [0.3, 0.4) is 0 Å². The van der Waals surface area contributed by atoms with Gasteiger partial charge in [-0.25, -0.2) is 0 Å². The van der Waals surface area contributed by atoms with Crippen molar-refractivity contribution in [3.63, 3.8) is 0 Å².